The van der Waals surface area contributed by atoms with Crippen LogP contribution in [0.15, 0.2) is 40.2 Å². The second-order valence-corrected chi connectivity index (χ2v) is 10.9. The topological polar surface area (TPSA) is 139 Å². The molecule has 0 spiro atoms. The highest BCUT2D eigenvalue weighted by Gasteiger charge is 2.43. The van der Waals surface area contributed by atoms with Gasteiger partial charge in [-0.05, 0) is 44.9 Å². The molecule has 1 aromatic carbocycles. The van der Waals surface area contributed by atoms with Crippen LogP contribution in [0.1, 0.15) is 50.3 Å². The number of ether oxygens (including phenoxy) is 2. The lowest BCUT2D eigenvalue weighted by Crippen LogP contribution is -2.60. The smallest absolute Gasteiger partial charge is 0.333 e. The van der Waals surface area contributed by atoms with Gasteiger partial charge in [0.1, 0.15) is 33.0 Å². The van der Waals surface area contributed by atoms with E-state index >= 15 is 0 Å². The van der Waals surface area contributed by atoms with Crippen LogP contribution in [0.4, 0.5) is 4.39 Å². The Morgan fingerprint density at radius 3 is 2.59 bits per heavy atom. The Labute approximate surface area is 237 Å². The number of nitrogens with zero attached hydrogens (tertiary/aromatic N) is 5. The Hall–Kier alpha value is -4.17. The molecule has 5 rings (SSSR count). The Morgan fingerprint density at radius 1 is 1.20 bits per heavy atom. The summed E-state index contributed by atoms with van der Waals surface area (Å²) in [7, 11) is 1.45. The summed E-state index contributed by atoms with van der Waals surface area (Å²) in [5.41, 5.74) is -2.18. The number of halogens is 1. The number of imide groups is 1. The minimum absolute atomic E-state index is 0.0391. The number of carbonyl (C=O) groups is 2. The number of nitrogens with one attached hydrogen (secondary N) is 1. The van der Waals surface area contributed by atoms with Crippen molar-refractivity contribution < 1.29 is 23.5 Å². The van der Waals surface area contributed by atoms with Crippen molar-refractivity contribution in [1.82, 2.24) is 29.4 Å². The first-order valence-electron chi connectivity index (χ1n) is 13.1. The molecule has 4 aromatic rings. The van der Waals surface area contributed by atoms with Crippen molar-refractivity contribution in [3.63, 3.8) is 0 Å². The third-order valence-electron chi connectivity index (χ3n) is 7.27. The molecule has 2 atom stereocenters. The molecule has 1 fully saturated rings. The molecule has 1 N–H and O–H groups in total. The Bertz CT molecular complexity index is 1760. The van der Waals surface area contributed by atoms with Gasteiger partial charge in [-0.3, -0.25) is 24.3 Å². The molecule has 2 amide bonds. The molecule has 12 nitrogen and oxygen atoms in total. The average molecular weight is 585 g/mol. The van der Waals surface area contributed by atoms with Gasteiger partial charge in [0.15, 0.2) is 0 Å². The van der Waals surface area contributed by atoms with E-state index in [1.807, 2.05) is 6.92 Å². The molecule has 0 unspecified atom stereocenters. The van der Waals surface area contributed by atoms with E-state index in [9.17, 15) is 23.6 Å². The molecule has 216 valence electrons. The van der Waals surface area contributed by atoms with Crippen LogP contribution < -0.4 is 21.3 Å². The van der Waals surface area contributed by atoms with Gasteiger partial charge in [-0.25, -0.2) is 13.8 Å². The maximum absolute atomic E-state index is 14.4. The van der Waals surface area contributed by atoms with Crippen LogP contribution in [-0.4, -0.2) is 49.7 Å². The first-order valence-corrected chi connectivity index (χ1v) is 13.9. The number of methoxy groups -OCH3 is 1. The fraction of sp³-hybridized carbons (Fsp3) is 0.407. The number of piperidine rings is 1. The van der Waals surface area contributed by atoms with E-state index in [0.717, 1.165) is 15.9 Å². The molecule has 1 aliphatic heterocycles. The van der Waals surface area contributed by atoms with E-state index in [-0.39, 0.29) is 24.8 Å². The van der Waals surface area contributed by atoms with Crippen molar-refractivity contribution in [2.45, 2.75) is 58.2 Å². The molecular weight excluding hydrogens is 555 g/mol. The zero-order valence-corrected chi connectivity index (χ0v) is 23.8. The highest BCUT2D eigenvalue weighted by molar-refractivity contribution is 7.21. The molecule has 1 saturated heterocycles. The lowest BCUT2D eigenvalue weighted by Gasteiger charge is -2.33. The number of hydrogen-bond donors (Lipinski definition) is 1. The summed E-state index contributed by atoms with van der Waals surface area (Å²) in [6.07, 6.45) is 2.70. The zero-order valence-electron chi connectivity index (χ0n) is 23.0. The van der Waals surface area contributed by atoms with Crippen LogP contribution in [0.2, 0.25) is 0 Å². The molecule has 0 radical (unpaired) electrons. The summed E-state index contributed by atoms with van der Waals surface area (Å²) in [4.78, 5) is 55.1. The highest BCUT2D eigenvalue weighted by Crippen LogP contribution is 2.35. The normalized spacial score (nSPS) is 18.1. The number of aryl methyl sites for hydroxylation is 1. The minimum atomic E-state index is -1.63. The summed E-state index contributed by atoms with van der Waals surface area (Å²) >= 11 is 1.14. The van der Waals surface area contributed by atoms with Gasteiger partial charge in [0.05, 0.1) is 31.4 Å². The van der Waals surface area contributed by atoms with E-state index in [1.165, 1.54) is 54.0 Å². The van der Waals surface area contributed by atoms with Crippen molar-refractivity contribution in [3.8, 4) is 10.8 Å². The van der Waals surface area contributed by atoms with Gasteiger partial charge in [-0.2, -0.15) is 10.2 Å². The van der Waals surface area contributed by atoms with Crippen LogP contribution in [0.3, 0.4) is 0 Å². The quantitative estimate of drug-likeness (QED) is 0.296. The molecular formula is C27H29FN6O6S. The number of thiophene rings is 1. The lowest BCUT2D eigenvalue weighted by molar-refractivity contribution is -0.140. The summed E-state index contributed by atoms with van der Waals surface area (Å²) in [6, 6.07) is 4.03. The number of benzene rings is 1. The molecule has 0 bridgehead atoms. The van der Waals surface area contributed by atoms with Crippen LogP contribution in [0, 0.1) is 12.7 Å². The molecule has 14 heteroatoms. The number of amides is 2. The van der Waals surface area contributed by atoms with Gasteiger partial charge in [-0.15, -0.1) is 4.80 Å². The lowest BCUT2D eigenvalue weighted by atomic mass is 9.90. The van der Waals surface area contributed by atoms with Gasteiger partial charge < -0.3 is 9.47 Å². The third kappa shape index (κ3) is 4.86. The van der Waals surface area contributed by atoms with Crippen LogP contribution >= 0.6 is 11.3 Å². The standard InChI is InChI=1S/C27H29FN6O6S/c1-5-12-40-19(17-13-16(28)6-7-18(17)39-4)14-32-24-21(15(2)23(41-24)34-29-10-11-30-34)22(36)33(26(32)38)27(3)9-8-20(35)31-25(27)37/h6-7,10-11,13,19H,5,8-9,12,14H2,1-4H3,(H,31,35,37)/t19-,27+/m0/s1. The fourth-order valence-electron chi connectivity index (χ4n) is 5.07. The van der Waals surface area contributed by atoms with Crippen molar-refractivity contribution in [1.29, 1.82) is 0 Å². The monoisotopic (exact) mass is 584 g/mol. The molecule has 1 aliphatic rings. The van der Waals surface area contributed by atoms with Crippen molar-refractivity contribution >= 4 is 33.4 Å². The second-order valence-electron chi connectivity index (χ2n) is 9.96. The van der Waals surface area contributed by atoms with E-state index in [4.69, 9.17) is 9.47 Å². The molecule has 0 saturated carbocycles. The van der Waals surface area contributed by atoms with E-state index in [0.29, 0.717) is 39.7 Å². The molecule has 41 heavy (non-hydrogen) atoms. The predicted octanol–water partition coefficient (Wildman–Crippen LogP) is 2.58. The minimum Gasteiger partial charge on any atom is -0.496 e. The van der Waals surface area contributed by atoms with Crippen LogP contribution in [0.5, 0.6) is 5.75 Å². The van der Waals surface area contributed by atoms with E-state index in [1.54, 1.807) is 6.92 Å². The summed E-state index contributed by atoms with van der Waals surface area (Å²) in [5, 5.41) is 11.3. The van der Waals surface area contributed by atoms with Crippen molar-refractivity contribution in [2.75, 3.05) is 13.7 Å². The first-order chi connectivity index (χ1) is 19.6. The SMILES string of the molecule is CCCO[C@@H](Cn1c(=O)n([C@]2(C)CCC(=O)NC2=O)c(=O)c2c(C)c(-n3nccn3)sc21)c1cc(F)ccc1OC. The molecule has 0 aliphatic carbocycles. The summed E-state index contributed by atoms with van der Waals surface area (Å²) in [5.74, 6) is -1.37. The largest absolute Gasteiger partial charge is 0.496 e. The maximum atomic E-state index is 14.4. The number of aromatic nitrogens is 5. The number of rotatable bonds is 9. The first kappa shape index (κ1) is 28.4. The summed E-state index contributed by atoms with van der Waals surface area (Å²) < 4.78 is 28.3. The van der Waals surface area contributed by atoms with Gasteiger partial charge in [0.2, 0.25) is 5.91 Å². The average Bonchev–Trinajstić information content (AvgIpc) is 3.59. The van der Waals surface area contributed by atoms with Gasteiger partial charge in [0, 0.05) is 24.2 Å². The van der Waals surface area contributed by atoms with Crippen molar-refractivity contribution in [3.05, 3.63) is 68.4 Å². The van der Waals surface area contributed by atoms with Gasteiger partial charge in [-0.1, -0.05) is 18.3 Å². The third-order valence-corrected chi connectivity index (χ3v) is 8.55. The Kier molecular flexibility index (Phi) is 7.62. The Morgan fingerprint density at radius 2 is 1.93 bits per heavy atom. The Balaban J connectivity index is 1.80. The van der Waals surface area contributed by atoms with Gasteiger partial charge >= 0.3 is 5.69 Å². The molecule has 4 heterocycles. The van der Waals surface area contributed by atoms with Crippen molar-refractivity contribution in [2.24, 2.45) is 0 Å². The highest BCUT2D eigenvalue weighted by atomic mass is 32.1. The summed E-state index contributed by atoms with van der Waals surface area (Å²) in [6.45, 7) is 5.27. The maximum Gasteiger partial charge on any atom is 0.333 e. The number of fused-ring (bicyclic) bond motifs is 1. The van der Waals surface area contributed by atoms with Crippen LogP contribution in [-0.2, 0) is 26.4 Å². The zero-order chi connectivity index (χ0) is 29.5. The predicted molar refractivity (Wildman–Crippen MR) is 148 cm³/mol. The van der Waals surface area contributed by atoms with E-state index in [2.05, 4.69) is 15.5 Å². The number of hydrogen-bond acceptors (Lipinski definition) is 9. The number of carbonyl (C=O) groups excluding carboxylic acids is 2. The van der Waals surface area contributed by atoms with Crippen LogP contribution in [0.25, 0.3) is 15.2 Å². The molecule has 3 aromatic heterocycles. The fourth-order valence-corrected chi connectivity index (χ4v) is 6.29. The second kappa shape index (κ2) is 11.0. The van der Waals surface area contributed by atoms with E-state index < -0.39 is 40.5 Å². The van der Waals surface area contributed by atoms with Gasteiger partial charge in [0.25, 0.3) is 11.5 Å².